The summed E-state index contributed by atoms with van der Waals surface area (Å²) in [7, 11) is 0. The van der Waals surface area contributed by atoms with E-state index in [1.807, 2.05) is 0 Å². The standard InChI is InChI=1S/C13H9Cl2NOS/c14-9-3-6-12(11(15)7-9)16-13(17)8-1-4-10(18)5-2-8/h1-7,18H,(H,16,17). The molecular formula is C13H9Cl2NOS. The van der Waals surface area contributed by atoms with Crippen LogP contribution in [-0.2, 0) is 0 Å². The molecule has 2 nitrogen and oxygen atoms in total. The lowest BCUT2D eigenvalue weighted by Gasteiger charge is -2.07. The minimum absolute atomic E-state index is 0.229. The van der Waals surface area contributed by atoms with Gasteiger partial charge in [0.05, 0.1) is 10.7 Å². The molecule has 18 heavy (non-hydrogen) atoms. The molecule has 92 valence electrons. The Morgan fingerprint density at radius 3 is 2.33 bits per heavy atom. The maximum absolute atomic E-state index is 11.9. The molecule has 0 heterocycles. The van der Waals surface area contributed by atoms with Crippen molar-refractivity contribution in [1.29, 1.82) is 0 Å². The molecule has 0 spiro atoms. The lowest BCUT2D eigenvalue weighted by atomic mass is 10.2. The van der Waals surface area contributed by atoms with Crippen molar-refractivity contribution in [2.45, 2.75) is 4.90 Å². The van der Waals surface area contributed by atoms with Gasteiger partial charge in [-0.25, -0.2) is 0 Å². The van der Waals surface area contributed by atoms with Crippen LogP contribution in [0.3, 0.4) is 0 Å². The van der Waals surface area contributed by atoms with Crippen LogP contribution in [-0.4, -0.2) is 5.91 Å². The van der Waals surface area contributed by atoms with Crippen LogP contribution in [0.2, 0.25) is 10.0 Å². The molecule has 0 saturated heterocycles. The molecule has 0 aliphatic heterocycles. The van der Waals surface area contributed by atoms with E-state index < -0.39 is 0 Å². The van der Waals surface area contributed by atoms with Gasteiger partial charge in [0.25, 0.3) is 5.91 Å². The summed E-state index contributed by atoms with van der Waals surface area (Å²) in [6.07, 6.45) is 0. The second kappa shape index (κ2) is 5.65. The third-order valence-corrected chi connectivity index (χ3v) is 3.15. The number of anilines is 1. The Hall–Kier alpha value is -1.16. The van der Waals surface area contributed by atoms with E-state index in [0.717, 1.165) is 4.90 Å². The molecule has 0 bridgehead atoms. The van der Waals surface area contributed by atoms with Crippen molar-refractivity contribution in [3.63, 3.8) is 0 Å². The number of benzene rings is 2. The Bertz CT molecular complexity index is 584. The summed E-state index contributed by atoms with van der Waals surface area (Å²) in [5.74, 6) is -0.229. The van der Waals surface area contributed by atoms with E-state index >= 15 is 0 Å². The Kier molecular flexibility index (Phi) is 4.17. The van der Waals surface area contributed by atoms with Gasteiger partial charge in [0, 0.05) is 15.5 Å². The van der Waals surface area contributed by atoms with Gasteiger partial charge in [0.1, 0.15) is 0 Å². The van der Waals surface area contributed by atoms with Crippen molar-refractivity contribution in [3.8, 4) is 0 Å². The number of carbonyl (C=O) groups is 1. The lowest BCUT2D eigenvalue weighted by molar-refractivity contribution is 0.102. The van der Waals surface area contributed by atoms with Gasteiger partial charge >= 0.3 is 0 Å². The molecular weight excluding hydrogens is 289 g/mol. The van der Waals surface area contributed by atoms with Crippen LogP contribution in [0, 0.1) is 0 Å². The number of nitrogens with one attached hydrogen (secondary N) is 1. The minimum atomic E-state index is -0.229. The van der Waals surface area contributed by atoms with Crippen LogP contribution in [0.25, 0.3) is 0 Å². The Labute approximate surface area is 120 Å². The van der Waals surface area contributed by atoms with Crippen molar-refractivity contribution < 1.29 is 4.79 Å². The van der Waals surface area contributed by atoms with Crippen LogP contribution in [0.5, 0.6) is 0 Å². The number of carbonyl (C=O) groups excluding carboxylic acids is 1. The quantitative estimate of drug-likeness (QED) is 0.783. The number of hydrogen-bond donors (Lipinski definition) is 2. The summed E-state index contributed by atoms with van der Waals surface area (Å²) in [6, 6.07) is 11.8. The van der Waals surface area contributed by atoms with Gasteiger partial charge in [-0.3, -0.25) is 4.79 Å². The fraction of sp³-hybridized carbons (Fsp3) is 0. The lowest BCUT2D eigenvalue weighted by Crippen LogP contribution is -2.11. The molecule has 5 heteroatoms. The van der Waals surface area contributed by atoms with E-state index in [1.165, 1.54) is 0 Å². The highest BCUT2D eigenvalue weighted by Crippen LogP contribution is 2.25. The second-order valence-corrected chi connectivity index (χ2v) is 4.99. The zero-order chi connectivity index (χ0) is 13.1. The van der Waals surface area contributed by atoms with Crippen LogP contribution in [0.1, 0.15) is 10.4 Å². The van der Waals surface area contributed by atoms with Gasteiger partial charge in [-0.2, -0.15) is 0 Å². The summed E-state index contributed by atoms with van der Waals surface area (Å²) >= 11 is 15.9. The van der Waals surface area contributed by atoms with Gasteiger partial charge in [0.15, 0.2) is 0 Å². The molecule has 2 aromatic carbocycles. The predicted octanol–water partition coefficient (Wildman–Crippen LogP) is 4.53. The zero-order valence-corrected chi connectivity index (χ0v) is 11.6. The molecule has 0 aliphatic carbocycles. The van der Waals surface area contributed by atoms with Crippen molar-refractivity contribution in [3.05, 3.63) is 58.1 Å². The minimum Gasteiger partial charge on any atom is -0.321 e. The molecule has 0 aromatic heterocycles. The van der Waals surface area contributed by atoms with E-state index in [9.17, 15) is 4.79 Å². The van der Waals surface area contributed by atoms with Gasteiger partial charge in [-0.1, -0.05) is 23.2 Å². The average molecular weight is 298 g/mol. The second-order valence-electron chi connectivity index (χ2n) is 3.63. The summed E-state index contributed by atoms with van der Waals surface area (Å²) < 4.78 is 0. The van der Waals surface area contributed by atoms with Crippen molar-refractivity contribution in [2.24, 2.45) is 0 Å². The average Bonchev–Trinajstić information content (AvgIpc) is 2.33. The van der Waals surface area contributed by atoms with Crippen LogP contribution >= 0.6 is 35.8 Å². The number of hydrogen-bond acceptors (Lipinski definition) is 2. The monoisotopic (exact) mass is 297 g/mol. The van der Waals surface area contributed by atoms with Gasteiger partial charge in [-0.15, -0.1) is 12.6 Å². The highest BCUT2D eigenvalue weighted by Gasteiger charge is 2.08. The van der Waals surface area contributed by atoms with Crippen LogP contribution in [0.15, 0.2) is 47.4 Å². The SMILES string of the molecule is O=C(Nc1ccc(Cl)cc1Cl)c1ccc(S)cc1. The first-order valence-corrected chi connectivity index (χ1v) is 6.32. The fourth-order valence-electron chi connectivity index (χ4n) is 1.40. The first-order valence-electron chi connectivity index (χ1n) is 5.12. The molecule has 2 rings (SSSR count). The normalized spacial score (nSPS) is 10.2. The number of rotatable bonds is 2. The number of thiol groups is 1. The van der Waals surface area contributed by atoms with E-state index in [1.54, 1.807) is 42.5 Å². The molecule has 0 aliphatic rings. The Morgan fingerprint density at radius 2 is 1.72 bits per heavy atom. The summed E-state index contributed by atoms with van der Waals surface area (Å²) in [5.41, 5.74) is 1.07. The van der Waals surface area contributed by atoms with Crippen LogP contribution in [0.4, 0.5) is 5.69 Å². The Morgan fingerprint density at radius 1 is 1.06 bits per heavy atom. The van der Waals surface area contributed by atoms with E-state index in [0.29, 0.717) is 21.3 Å². The van der Waals surface area contributed by atoms with Crippen molar-refractivity contribution in [1.82, 2.24) is 0 Å². The molecule has 0 radical (unpaired) electrons. The topological polar surface area (TPSA) is 29.1 Å². The zero-order valence-electron chi connectivity index (χ0n) is 9.15. The highest BCUT2D eigenvalue weighted by atomic mass is 35.5. The third kappa shape index (κ3) is 3.19. The smallest absolute Gasteiger partial charge is 0.255 e. The maximum Gasteiger partial charge on any atom is 0.255 e. The summed E-state index contributed by atoms with van der Waals surface area (Å²) in [5, 5.41) is 3.65. The highest BCUT2D eigenvalue weighted by molar-refractivity contribution is 7.80. The molecule has 0 unspecified atom stereocenters. The first kappa shape index (κ1) is 13.3. The van der Waals surface area contributed by atoms with Gasteiger partial charge in [-0.05, 0) is 42.5 Å². The Balaban J connectivity index is 2.18. The van der Waals surface area contributed by atoms with E-state index in [4.69, 9.17) is 23.2 Å². The predicted molar refractivity (Wildman–Crippen MR) is 78.1 cm³/mol. The largest absolute Gasteiger partial charge is 0.321 e. The molecule has 0 atom stereocenters. The molecule has 0 saturated carbocycles. The van der Waals surface area contributed by atoms with E-state index in [2.05, 4.69) is 17.9 Å². The van der Waals surface area contributed by atoms with Crippen LogP contribution < -0.4 is 5.32 Å². The molecule has 1 N–H and O–H groups in total. The first-order chi connectivity index (χ1) is 8.56. The summed E-state index contributed by atoms with van der Waals surface area (Å²) in [6.45, 7) is 0. The molecule has 0 fully saturated rings. The fourth-order valence-corrected chi connectivity index (χ4v) is 2.00. The number of halogens is 2. The van der Waals surface area contributed by atoms with Crippen molar-refractivity contribution in [2.75, 3.05) is 5.32 Å². The van der Waals surface area contributed by atoms with E-state index in [-0.39, 0.29) is 5.91 Å². The van der Waals surface area contributed by atoms with Gasteiger partial charge in [0.2, 0.25) is 0 Å². The number of amides is 1. The summed E-state index contributed by atoms with van der Waals surface area (Å²) in [4.78, 5) is 12.7. The third-order valence-electron chi connectivity index (χ3n) is 2.31. The molecule has 1 amide bonds. The van der Waals surface area contributed by atoms with Crippen molar-refractivity contribution >= 4 is 47.4 Å². The maximum atomic E-state index is 11.9. The molecule has 2 aromatic rings. The van der Waals surface area contributed by atoms with Gasteiger partial charge < -0.3 is 5.32 Å².